The Morgan fingerprint density at radius 3 is 2.29 bits per heavy atom. The molecule has 1 N–H and O–H groups in total. The van der Waals surface area contributed by atoms with Crippen LogP contribution in [0, 0.1) is 5.82 Å². The highest BCUT2D eigenvalue weighted by Crippen LogP contribution is 2.29. The van der Waals surface area contributed by atoms with E-state index in [1.807, 2.05) is 0 Å². The van der Waals surface area contributed by atoms with E-state index in [1.165, 1.54) is 24.3 Å². The molecule has 1 aliphatic rings. The van der Waals surface area contributed by atoms with Crippen LogP contribution >= 0.6 is 0 Å². The van der Waals surface area contributed by atoms with E-state index in [0.29, 0.717) is 5.69 Å². The third kappa shape index (κ3) is 2.04. The molecule has 76 valence electrons. The number of hydrogen-bond acceptors (Lipinski definition) is 2. The first-order valence-corrected chi connectivity index (χ1v) is 5.90. The van der Waals surface area contributed by atoms with Crippen molar-refractivity contribution in [3.8, 4) is 0 Å². The van der Waals surface area contributed by atoms with E-state index in [-0.39, 0.29) is 11.1 Å². The SMILES string of the molecule is O=S(=O)(Nc1ccc(F)cc1)C1CC1. The quantitative estimate of drug-likeness (QED) is 0.834. The molecular formula is C9H10FNO2S. The molecule has 1 fully saturated rings. The average molecular weight is 215 g/mol. The summed E-state index contributed by atoms with van der Waals surface area (Å²) in [5.41, 5.74) is 0.415. The number of benzene rings is 1. The van der Waals surface area contributed by atoms with E-state index in [9.17, 15) is 12.8 Å². The minimum Gasteiger partial charge on any atom is -0.283 e. The van der Waals surface area contributed by atoms with Crippen molar-refractivity contribution in [1.29, 1.82) is 0 Å². The van der Waals surface area contributed by atoms with Crippen LogP contribution in [0.2, 0.25) is 0 Å². The lowest BCUT2D eigenvalue weighted by atomic mass is 10.3. The van der Waals surface area contributed by atoms with Crippen molar-refractivity contribution in [3.05, 3.63) is 30.1 Å². The Balaban J connectivity index is 2.14. The van der Waals surface area contributed by atoms with Gasteiger partial charge in [0.05, 0.1) is 5.25 Å². The van der Waals surface area contributed by atoms with Crippen LogP contribution < -0.4 is 4.72 Å². The lowest BCUT2D eigenvalue weighted by Crippen LogP contribution is -2.17. The summed E-state index contributed by atoms with van der Waals surface area (Å²) in [6.07, 6.45) is 1.44. The fourth-order valence-electron chi connectivity index (χ4n) is 1.14. The van der Waals surface area contributed by atoms with Gasteiger partial charge in [0.15, 0.2) is 0 Å². The third-order valence-corrected chi connectivity index (χ3v) is 3.94. The smallest absolute Gasteiger partial charge is 0.235 e. The summed E-state index contributed by atoms with van der Waals surface area (Å²) in [6.45, 7) is 0. The highest BCUT2D eigenvalue weighted by atomic mass is 32.2. The summed E-state index contributed by atoms with van der Waals surface area (Å²) in [7, 11) is -3.23. The zero-order valence-electron chi connectivity index (χ0n) is 7.40. The van der Waals surface area contributed by atoms with Crippen LogP contribution in [-0.2, 0) is 10.0 Å². The second kappa shape index (κ2) is 3.24. The van der Waals surface area contributed by atoms with Crippen molar-refractivity contribution < 1.29 is 12.8 Å². The van der Waals surface area contributed by atoms with E-state index < -0.39 is 10.0 Å². The van der Waals surface area contributed by atoms with Crippen LogP contribution in [0.4, 0.5) is 10.1 Å². The van der Waals surface area contributed by atoms with Gasteiger partial charge in [0.1, 0.15) is 5.82 Å². The van der Waals surface area contributed by atoms with Crippen LogP contribution in [0.3, 0.4) is 0 Å². The van der Waals surface area contributed by atoms with Crippen molar-refractivity contribution in [2.24, 2.45) is 0 Å². The lowest BCUT2D eigenvalue weighted by Gasteiger charge is -2.05. The average Bonchev–Trinajstić information content (AvgIpc) is 2.91. The molecule has 0 aliphatic heterocycles. The minimum absolute atomic E-state index is 0.257. The van der Waals surface area contributed by atoms with Gasteiger partial charge < -0.3 is 0 Å². The zero-order chi connectivity index (χ0) is 10.2. The standard InChI is InChI=1S/C9H10FNO2S/c10-7-1-3-8(4-2-7)11-14(12,13)9-5-6-9/h1-4,9,11H,5-6H2. The normalized spacial score (nSPS) is 16.6. The maximum Gasteiger partial charge on any atom is 0.235 e. The summed E-state index contributed by atoms with van der Waals surface area (Å²) in [6, 6.07) is 5.28. The summed E-state index contributed by atoms with van der Waals surface area (Å²) >= 11 is 0. The molecule has 2 rings (SSSR count). The minimum atomic E-state index is -3.23. The summed E-state index contributed by atoms with van der Waals surface area (Å²) in [5, 5.41) is -0.257. The van der Waals surface area contributed by atoms with Gasteiger partial charge in [0.2, 0.25) is 10.0 Å². The maximum absolute atomic E-state index is 12.5. The first-order valence-electron chi connectivity index (χ1n) is 4.35. The van der Waals surface area contributed by atoms with E-state index in [0.717, 1.165) is 12.8 Å². The Morgan fingerprint density at radius 2 is 1.79 bits per heavy atom. The van der Waals surface area contributed by atoms with Crippen molar-refractivity contribution in [2.75, 3.05) is 4.72 Å². The lowest BCUT2D eigenvalue weighted by molar-refractivity contribution is 0.599. The van der Waals surface area contributed by atoms with E-state index in [4.69, 9.17) is 0 Å². The fourth-order valence-corrected chi connectivity index (χ4v) is 2.53. The molecule has 0 bridgehead atoms. The van der Waals surface area contributed by atoms with Gasteiger partial charge in [0, 0.05) is 5.69 Å². The molecule has 0 atom stereocenters. The van der Waals surface area contributed by atoms with Crippen LogP contribution in [0.25, 0.3) is 0 Å². The van der Waals surface area contributed by atoms with Gasteiger partial charge in [-0.15, -0.1) is 0 Å². The van der Waals surface area contributed by atoms with Crippen molar-refractivity contribution in [3.63, 3.8) is 0 Å². The number of halogens is 1. The molecule has 1 aliphatic carbocycles. The monoisotopic (exact) mass is 215 g/mol. The summed E-state index contributed by atoms with van der Waals surface area (Å²) < 4.78 is 37.8. The Hall–Kier alpha value is -1.10. The molecular weight excluding hydrogens is 205 g/mol. The molecule has 0 saturated heterocycles. The Kier molecular flexibility index (Phi) is 2.19. The highest BCUT2D eigenvalue weighted by Gasteiger charge is 2.35. The summed E-state index contributed by atoms with van der Waals surface area (Å²) in [5.74, 6) is -0.376. The van der Waals surface area contributed by atoms with E-state index in [1.54, 1.807) is 0 Å². The molecule has 1 aromatic carbocycles. The second-order valence-electron chi connectivity index (χ2n) is 3.35. The van der Waals surface area contributed by atoms with Crippen molar-refractivity contribution in [1.82, 2.24) is 0 Å². The Labute approximate surface area is 82.0 Å². The van der Waals surface area contributed by atoms with Crippen LogP contribution in [0.1, 0.15) is 12.8 Å². The number of hydrogen-bond donors (Lipinski definition) is 1. The topological polar surface area (TPSA) is 46.2 Å². The third-order valence-electron chi connectivity index (χ3n) is 2.07. The van der Waals surface area contributed by atoms with Crippen molar-refractivity contribution >= 4 is 15.7 Å². The number of rotatable bonds is 3. The van der Waals surface area contributed by atoms with Gasteiger partial charge in [0.25, 0.3) is 0 Å². The van der Waals surface area contributed by atoms with E-state index >= 15 is 0 Å². The largest absolute Gasteiger partial charge is 0.283 e. The van der Waals surface area contributed by atoms with E-state index in [2.05, 4.69) is 4.72 Å². The number of nitrogens with one attached hydrogen (secondary N) is 1. The Bertz CT molecular complexity index is 423. The molecule has 0 aromatic heterocycles. The molecule has 1 saturated carbocycles. The predicted octanol–water partition coefficient (Wildman–Crippen LogP) is 1.73. The number of sulfonamides is 1. The van der Waals surface area contributed by atoms with Gasteiger partial charge in [-0.25, -0.2) is 12.8 Å². The first kappa shape index (κ1) is 9.45. The number of anilines is 1. The predicted molar refractivity (Wildman–Crippen MR) is 52.0 cm³/mol. The molecule has 0 unspecified atom stereocenters. The zero-order valence-corrected chi connectivity index (χ0v) is 8.22. The molecule has 0 heterocycles. The maximum atomic E-state index is 12.5. The Morgan fingerprint density at radius 1 is 1.21 bits per heavy atom. The fraction of sp³-hybridized carbons (Fsp3) is 0.333. The van der Waals surface area contributed by atoms with Crippen LogP contribution in [0.15, 0.2) is 24.3 Å². The molecule has 3 nitrogen and oxygen atoms in total. The van der Waals surface area contributed by atoms with Gasteiger partial charge in [-0.3, -0.25) is 4.72 Å². The molecule has 0 radical (unpaired) electrons. The molecule has 1 aromatic rings. The second-order valence-corrected chi connectivity index (χ2v) is 5.31. The van der Waals surface area contributed by atoms with Crippen LogP contribution in [0.5, 0.6) is 0 Å². The summed E-state index contributed by atoms with van der Waals surface area (Å²) in [4.78, 5) is 0. The molecule has 0 amide bonds. The van der Waals surface area contributed by atoms with Crippen LogP contribution in [-0.4, -0.2) is 13.7 Å². The van der Waals surface area contributed by atoms with Gasteiger partial charge >= 0.3 is 0 Å². The van der Waals surface area contributed by atoms with Gasteiger partial charge in [-0.2, -0.15) is 0 Å². The van der Waals surface area contributed by atoms with Crippen molar-refractivity contribution in [2.45, 2.75) is 18.1 Å². The first-order chi connectivity index (χ1) is 6.58. The highest BCUT2D eigenvalue weighted by molar-refractivity contribution is 7.93. The molecule has 14 heavy (non-hydrogen) atoms. The van der Waals surface area contributed by atoms with Gasteiger partial charge in [-0.05, 0) is 37.1 Å². The van der Waals surface area contributed by atoms with Gasteiger partial charge in [-0.1, -0.05) is 0 Å². The molecule has 5 heteroatoms. The molecule has 0 spiro atoms.